The minimum absolute atomic E-state index is 0. The average Bonchev–Trinajstić information content (AvgIpc) is 2.89. The molecule has 0 amide bonds. The molecular formula is C22H36N8NaO4+. The summed E-state index contributed by atoms with van der Waals surface area (Å²) in [6.45, 7) is 16.0. The van der Waals surface area contributed by atoms with Crippen molar-refractivity contribution in [2.75, 3.05) is 5.73 Å². The van der Waals surface area contributed by atoms with E-state index in [0.717, 1.165) is 11.0 Å². The molecule has 0 saturated heterocycles. The minimum atomic E-state index is -0.635. The molecule has 0 radical (unpaired) electrons. The summed E-state index contributed by atoms with van der Waals surface area (Å²) in [4.78, 5) is 26.8. The molecule has 188 valence electrons. The van der Waals surface area contributed by atoms with Crippen LogP contribution < -0.4 is 51.2 Å². The van der Waals surface area contributed by atoms with E-state index in [2.05, 4.69) is 20.2 Å². The van der Waals surface area contributed by atoms with Gasteiger partial charge >= 0.3 is 35.2 Å². The summed E-state index contributed by atoms with van der Waals surface area (Å²) in [5.41, 5.74) is 7.00. The Morgan fingerprint density at radius 1 is 0.800 bits per heavy atom. The molecule has 0 atom stereocenters. The van der Waals surface area contributed by atoms with Gasteiger partial charge < -0.3 is 10.9 Å². The number of hydrogen-bond acceptors (Lipinski definition) is 9. The minimum Gasteiger partial charge on any atom is -0.595 e. The Kier molecular flexibility index (Phi) is 30.1. The molecule has 4 rings (SSSR count). The third-order valence-electron chi connectivity index (χ3n) is 2.90. The van der Waals surface area contributed by atoms with Crippen molar-refractivity contribution < 1.29 is 39.7 Å². The number of anilines is 1. The van der Waals surface area contributed by atoms with Crippen LogP contribution in [0.4, 0.5) is 5.95 Å². The zero-order valence-corrected chi connectivity index (χ0v) is 24.1. The fourth-order valence-corrected chi connectivity index (χ4v) is 1.91. The summed E-state index contributed by atoms with van der Waals surface area (Å²) in [7, 11) is 0. The number of nitrogen functional groups attached to an aromatic ring is 1. The number of aromatic nitrogens is 6. The van der Waals surface area contributed by atoms with Gasteiger partial charge in [0.05, 0.1) is 5.52 Å². The zero-order chi connectivity index (χ0) is 26.9. The van der Waals surface area contributed by atoms with Crippen molar-refractivity contribution in [2.24, 2.45) is 0 Å². The summed E-state index contributed by atoms with van der Waals surface area (Å²) in [6, 6.07) is 14.1. The molecule has 4 N–H and O–H groups in total. The van der Waals surface area contributed by atoms with E-state index < -0.39 is 5.69 Å². The number of aromatic amines is 1. The molecule has 0 saturated carbocycles. The smallest absolute Gasteiger partial charge is 0.595 e. The van der Waals surface area contributed by atoms with Crippen molar-refractivity contribution in [3.05, 3.63) is 74.3 Å². The Bertz CT molecular complexity index is 1100. The van der Waals surface area contributed by atoms with Gasteiger partial charge in [0.15, 0.2) is 0 Å². The molecule has 2 aromatic carbocycles. The van der Waals surface area contributed by atoms with Crippen molar-refractivity contribution in [3.63, 3.8) is 0 Å². The average molecular weight is 500 g/mol. The number of nitrogens with one attached hydrogen (secondary N) is 2. The third kappa shape index (κ3) is 16.1. The molecule has 0 fully saturated rings. The Hall–Kier alpha value is -3.22. The van der Waals surface area contributed by atoms with Gasteiger partial charge in [0.2, 0.25) is 5.95 Å². The van der Waals surface area contributed by atoms with E-state index in [0.29, 0.717) is 15.9 Å². The molecule has 35 heavy (non-hydrogen) atoms. The van der Waals surface area contributed by atoms with Crippen LogP contribution in [0.3, 0.4) is 0 Å². The van der Waals surface area contributed by atoms with Gasteiger partial charge in [0, 0.05) is 11.4 Å². The molecule has 12 nitrogen and oxygen atoms in total. The summed E-state index contributed by atoms with van der Waals surface area (Å²) in [6.07, 6.45) is 0. The summed E-state index contributed by atoms with van der Waals surface area (Å²) in [5, 5.41) is 28.9. The van der Waals surface area contributed by atoms with E-state index in [1.54, 1.807) is 24.3 Å². The quantitative estimate of drug-likeness (QED) is 0.0949. The number of fused-ring (bicyclic) bond motifs is 2. The van der Waals surface area contributed by atoms with E-state index in [1.165, 1.54) is 0 Å². The van der Waals surface area contributed by atoms with Crippen LogP contribution in [-0.4, -0.2) is 25.3 Å². The van der Waals surface area contributed by atoms with Gasteiger partial charge in [-0.3, -0.25) is 10.1 Å². The van der Waals surface area contributed by atoms with Gasteiger partial charge in [0.1, 0.15) is 11.0 Å². The Morgan fingerprint density at radius 3 is 1.74 bits per heavy atom. The molecule has 0 aliphatic heterocycles. The standard InChI is InChI=1S/C7H6N4.C7H5N3O2.4C2H6.HNO2.Na/c8-7-9-5-3-1-2-4-6(5)10-11-7;11-7-8-5-3-1-2-4-6(5)10(12)9-7;4*1-2;2-1-3;/h1-4H,(H2,8,9,11);1-4H,(H,8,9,11);4*1-2H3;1H;/q;;;;;;;+1. The van der Waals surface area contributed by atoms with E-state index in [-0.39, 0.29) is 40.8 Å². The van der Waals surface area contributed by atoms with Crippen molar-refractivity contribution in [1.29, 1.82) is 0 Å². The van der Waals surface area contributed by atoms with Gasteiger partial charge in [-0.1, -0.05) is 89.6 Å². The maximum atomic E-state index is 11.0. The molecule has 13 heteroatoms. The number of H-pyrrole nitrogens is 1. The second-order valence-corrected chi connectivity index (χ2v) is 4.55. The second kappa shape index (κ2) is 27.0. The van der Waals surface area contributed by atoms with Crippen molar-refractivity contribution in [2.45, 2.75) is 55.4 Å². The predicted molar refractivity (Wildman–Crippen MR) is 136 cm³/mol. The molecule has 0 spiro atoms. The molecule has 2 aromatic heterocycles. The van der Waals surface area contributed by atoms with E-state index in [9.17, 15) is 10.0 Å². The number of nitrogens with zero attached hydrogens (tertiary/aromatic N) is 5. The first-order chi connectivity index (χ1) is 16.5. The first-order valence-corrected chi connectivity index (χ1v) is 11.0. The number of benzene rings is 2. The first-order valence-electron chi connectivity index (χ1n) is 11.0. The fourth-order valence-electron chi connectivity index (χ4n) is 1.91. The number of hydrogen-bond donors (Lipinski definition) is 3. The zero-order valence-electron chi connectivity index (χ0n) is 22.1. The van der Waals surface area contributed by atoms with Crippen LogP contribution in [0, 0.1) is 15.3 Å². The van der Waals surface area contributed by atoms with Gasteiger partial charge in [-0.25, -0.2) is 9.78 Å². The van der Waals surface area contributed by atoms with E-state index >= 15 is 0 Å². The molecule has 4 aromatic rings. The molecule has 0 unspecified atom stereocenters. The third-order valence-corrected chi connectivity index (χ3v) is 2.90. The Balaban J connectivity index is -0.000000194. The molecular weight excluding hydrogens is 463 g/mol. The maximum Gasteiger partial charge on any atom is 1.00 e. The number of para-hydroxylation sites is 3. The Morgan fingerprint density at radius 2 is 1.23 bits per heavy atom. The van der Waals surface area contributed by atoms with Crippen molar-refractivity contribution in [3.8, 4) is 0 Å². The van der Waals surface area contributed by atoms with Gasteiger partial charge in [-0.2, -0.15) is 4.98 Å². The predicted octanol–water partition coefficient (Wildman–Crippen LogP) is -0.396. The van der Waals surface area contributed by atoms with Gasteiger partial charge in [-0.05, 0) is 18.2 Å². The fraction of sp³-hybridized carbons (Fsp3) is 0.364. The summed E-state index contributed by atoms with van der Waals surface area (Å²) in [5.74, 6) is 0.212. The molecule has 0 aliphatic rings. The Labute approximate surface area is 227 Å². The SMILES string of the molecule is CC.CC.CC.CC.Nc1nnc2ccccc2n1.O=[NH+][O-].O=c1nc2ccccc2[n+]([O-])[nH]1.[Na+]. The van der Waals surface area contributed by atoms with E-state index in [1.807, 2.05) is 84.8 Å². The topological polar surface area (TPSA) is 191 Å². The molecule has 0 bridgehead atoms. The largest absolute Gasteiger partial charge is 1.00 e. The van der Waals surface area contributed by atoms with Crippen LogP contribution in [0.1, 0.15) is 55.4 Å². The number of nitrogens with two attached hydrogens (primary N) is 1. The van der Waals surface area contributed by atoms with Crippen LogP contribution in [0.5, 0.6) is 0 Å². The van der Waals surface area contributed by atoms with Crippen LogP contribution in [0.25, 0.3) is 22.1 Å². The summed E-state index contributed by atoms with van der Waals surface area (Å²) >= 11 is 0. The van der Waals surface area contributed by atoms with Crippen LogP contribution in [-0.2, 0) is 0 Å². The van der Waals surface area contributed by atoms with E-state index in [4.69, 9.17) is 15.8 Å². The molecule has 0 aliphatic carbocycles. The molecule has 2 heterocycles. The van der Waals surface area contributed by atoms with Crippen LogP contribution in [0.15, 0.2) is 53.3 Å². The van der Waals surface area contributed by atoms with Crippen LogP contribution >= 0.6 is 0 Å². The van der Waals surface area contributed by atoms with Crippen LogP contribution in [0.2, 0.25) is 0 Å². The first kappa shape index (κ1) is 39.0. The second-order valence-electron chi connectivity index (χ2n) is 4.55. The maximum absolute atomic E-state index is 11.0. The van der Waals surface area contributed by atoms with Gasteiger partial charge in [-0.15, -0.1) is 10.2 Å². The van der Waals surface area contributed by atoms with Gasteiger partial charge in [0.25, 0.3) is 5.52 Å². The summed E-state index contributed by atoms with van der Waals surface area (Å²) < 4.78 is 0. The van der Waals surface area contributed by atoms with Crippen molar-refractivity contribution >= 4 is 28.0 Å². The normalized spacial score (nSPS) is 7.77. The monoisotopic (exact) mass is 499 g/mol. The number of rotatable bonds is 0. The van der Waals surface area contributed by atoms with Crippen molar-refractivity contribution in [1.82, 2.24) is 25.3 Å².